The second-order valence-electron chi connectivity index (χ2n) is 6.38. The molecule has 1 N–H and O–H groups in total. The number of methoxy groups -OCH3 is 2. The van der Waals surface area contributed by atoms with E-state index in [9.17, 15) is 20.0 Å². The molecule has 29 heavy (non-hydrogen) atoms. The summed E-state index contributed by atoms with van der Waals surface area (Å²) in [6, 6.07) is 10.8. The Morgan fingerprint density at radius 1 is 1.03 bits per heavy atom. The summed E-state index contributed by atoms with van der Waals surface area (Å²) in [4.78, 5) is 23.5. The molecular weight excluding hydrogens is 376 g/mol. The van der Waals surface area contributed by atoms with Crippen molar-refractivity contribution in [3.05, 3.63) is 63.7 Å². The number of hydrogen-bond donors (Lipinski definition) is 1. The second-order valence-corrected chi connectivity index (χ2v) is 6.38. The molecule has 3 aromatic rings. The van der Waals surface area contributed by atoms with Crippen LogP contribution in [0.1, 0.15) is 11.1 Å². The first kappa shape index (κ1) is 18.3. The molecule has 4 rings (SSSR count). The van der Waals surface area contributed by atoms with Crippen LogP contribution in [-0.4, -0.2) is 25.1 Å². The van der Waals surface area contributed by atoms with E-state index in [0.29, 0.717) is 22.7 Å². The van der Waals surface area contributed by atoms with Crippen molar-refractivity contribution in [3.8, 4) is 17.2 Å². The highest BCUT2D eigenvalue weighted by molar-refractivity contribution is 6.35. The summed E-state index contributed by atoms with van der Waals surface area (Å²) >= 11 is 0. The zero-order chi connectivity index (χ0) is 20.7. The van der Waals surface area contributed by atoms with Crippen molar-refractivity contribution in [1.29, 1.82) is 0 Å². The van der Waals surface area contributed by atoms with Crippen molar-refractivity contribution in [1.82, 2.24) is 0 Å². The minimum atomic E-state index is -0.541. The van der Waals surface area contributed by atoms with Crippen molar-refractivity contribution in [2.75, 3.05) is 19.5 Å². The fraction of sp³-hybridized carbons (Fsp3) is 0.0952. The average Bonchev–Trinajstić information content (AvgIpc) is 3.02. The number of amides is 1. The van der Waals surface area contributed by atoms with E-state index in [-0.39, 0.29) is 33.3 Å². The molecule has 0 unspecified atom stereocenters. The van der Waals surface area contributed by atoms with Crippen LogP contribution in [0, 0.1) is 10.1 Å². The van der Waals surface area contributed by atoms with Gasteiger partial charge in [-0.3, -0.25) is 14.9 Å². The van der Waals surface area contributed by atoms with Gasteiger partial charge in [0.25, 0.3) is 11.6 Å². The van der Waals surface area contributed by atoms with E-state index < -0.39 is 10.8 Å². The van der Waals surface area contributed by atoms with Crippen molar-refractivity contribution < 1.29 is 24.3 Å². The Labute approximate surface area is 165 Å². The van der Waals surface area contributed by atoms with E-state index in [0.717, 1.165) is 0 Å². The Bertz CT molecular complexity index is 1220. The van der Waals surface area contributed by atoms with Gasteiger partial charge >= 0.3 is 0 Å². The summed E-state index contributed by atoms with van der Waals surface area (Å²) in [5.41, 5.74) is 1.09. The number of fused-ring (bicyclic) bond motifs is 2. The molecule has 0 fully saturated rings. The monoisotopic (exact) mass is 391 g/mol. The minimum absolute atomic E-state index is 0.0585. The van der Waals surface area contributed by atoms with Gasteiger partial charge in [-0.2, -0.15) is 0 Å². The lowest BCUT2D eigenvalue weighted by molar-refractivity contribution is -0.383. The average molecular weight is 391 g/mol. The fourth-order valence-corrected chi connectivity index (χ4v) is 3.42. The molecule has 1 heterocycles. The lowest BCUT2D eigenvalue weighted by Gasteiger charge is -2.15. The smallest absolute Gasteiger partial charge is 0.277 e. The number of hydrogen-bond acceptors (Lipinski definition) is 6. The summed E-state index contributed by atoms with van der Waals surface area (Å²) in [5, 5.41) is 27.6. The standard InChI is InChI=1S/C21H16N2O6/c1-28-18-9-14-15(21(25)22-16(14)10-19(18)29-2)7-11-8-17(23(26)27)12-5-3-4-6-13(12)20(11)24/h3-10,24H,1-2H3,(H,22,25)/p-1. The number of ether oxygens (including phenoxy) is 2. The molecule has 8 nitrogen and oxygen atoms in total. The van der Waals surface area contributed by atoms with Gasteiger partial charge in [-0.15, -0.1) is 0 Å². The molecule has 1 aliphatic heterocycles. The molecule has 1 amide bonds. The van der Waals surface area contributed by atoms with Crippen LogP contribution < -0.4 is 19.9 Å². The summed E-state index contributed by atoms with van der Waals surface area (Å²) in [7, 11) is 2.95. The van der Waals surface area contributed by atoms with Gasteiger partial charge in [-0.25, -0.2) is 0 Å². The number of nitrogens with zero attached hydrogens (tertiary/aromatic N) is 1. The van der Waals surface area contributed by atoms with E-state index in [2.05, 4.69) is 5.32 Å². The largest absolute Gasteiger partial charge is 0.872 e. The van der Waals surface area contributed by atoms with Gasteiger partial charge in [0.1, 0.15) is 0 Å². The predicted octanol–water partition coefficient (Wildman–Crippen LogP) is 3.33. The highest BCUT2D eigenvalue weighted by atomic mass is 16.6. The number of benzene rings is 3. The normalized spacial score (nSPS) is 14.0. The quantitative estimate of drug-likeness (QED) is 0.415. The summed E-state index contributed by atoms with van der Waals surface area (Å²) < 4.78 is 10.5. The molecule has 1 aliphatic rings. The lowest BCUT2D eigenvalue weighted by Crippen LogP contribution is -2.04. The molecule has 0 saturated carbocycles. The van der Waals surface area contributed by atoms with Gasteiger partial charge in [-0.1, -0.05) is 23.9 Å². The number of anilines is 1. The lowest BCUT2D eigenvalue weighted by atomic mass is 9.99. The number of nitro benzene ring substituents is 1. The molecule has 146 valence electrons. The Morgan fingerprint density at radius 2 is 1.69 bits per heavy atom. The molecule has 0 spiro atoms. The van der Waals surface area contributed by atoms with E-state index in [1.165, 1.54) is 38.5 Å². The van der Waals surface area contributed by atoms with Crippen molar-refractivity contribution in [3.63, 3.8) is 0 Å². The number of carbonyl (C=O) groups excluding carboxylic acids is 1. The number of nitro groups is 1. The first-order chi connectivity index (χ1) is 13.9. The third-order valence-corrected chi connectivity index (χ3v) is 4.81. The first-order valence-corrected chi connectivity index (χ1v) is 8.61. The molecule has 0 saturated heterocycles. The number of rotatable bonds is 4. The Hall–Kier alpha value is -4.07. The van der Waals surface area contributed by atoms with Crippen LogP contribution in [0.25, 0.3) is 22.4 Å². The third-order valence-electron chi connectivity index (χ3n) is 4.81. The minimum Gasteiger partial charge on any atom is -0.872 e. The highest BCUT2D eigenvalue weighted by Gasteiger charge is 2.27. The van der Waals surface area contributed by atoms with Crippen LogP contribution in [0.5, 0.6) is 17.2 Å². The van der Waals surface area contributed by atoms with Gasteiger partial charge < -0.3 is 19.9 Å². The molecular formula is C21H15N2O6-. The van der Waals surface area contributed by atoms with Gasteiger partial charge in [0.05, 0.1) is 30.2 Å². The summed E-state index contributed by atoms with van der Waals surface area (Å²) in [6.45, 7) is 0. The molecule has 8 heteroatoms. The summed E-state index contributed by atoms with van der Waals surface area (Å²) in [6.07, 6.45) is 1.37. The molecule has 0 aliphatic carbocycles. The molecule has 3 aromatic carbocycles. The van der Waals surface area contributed by atoms with E-state index in [1.807, 2.05) is 0 Å². The molecule has 0 radical (unpaired) electrons. The maximum Gasteiger partial charge on any atom is 0.277 e. The highest BCUT2D eigenvalue weighted by Crippen LogP contribution is 2.42. The number of non-ortho nitro benzene ring substituents is 1. The Kier molecular flexibility index (Phi) is 4.31. The van der Waals surface area contributed by atoms with Gasteiger partial charge in [0.15, 0.2) is 11.5 Å². The zero-order valence-electron chi connectivity index (χ0n) is 15.5. The predicted molar refractivity (Wildman–Crippen MR) is 106 cm³/mol. The summed E-state index contributed by atoms with van der Waals surface area (Å²) in [5.74, 6) is 0.0464. The first-order valence-electron chi connectivity index (χ1n) is 8.61. The van der Waals surface area contributed by atoms with Crippen LogP contribution in [0.4, 0.5) is 11.4 Å². The van der Waals surface area contributed by atoms with Crippen LogP contribution in [0.2, 0.25) is 0 Å². The molecule has 0 atom stereocenters. The van der Waals surface area contributed by atoms with E-state index >= 15 is 0 Å². The third kappa shape index (κ3) is 2.91. The van der Waals surface area contributed by atoms with Crippen LogP contribution in [-0.2, 0) is 4.79 Å². The van der Waals surface area contributed by atoms with Gasteiger partial charge in [-0.05, 0) is 29.2 Å². The van der Waals surface area contributed by atoms with Crippen LogP contribution >= 0.6 is 0 Å². The number of nitrogens with one attached hydrogen (secondary N) is 1. The van der Waals surface area contributed by atoms with Crippen molar-refractivity contribution in [2.24, 2.45) is 0 Å². The van der Waals surface area contributed by atoms with Crippen molar-refractivity contribution >= 4 is 39.7 Å². The number of carbonyl (C=O) groups is 1. The van der Waals surface area contributed by atoms with Crippen molar-refractivity contribution in [2.45, 2.75) is 0 Å². The Morgan fingerprint density at radius 3 is 2.34 bits per heavy atom. The zero-order valence-corrected chi connectivity index (χ0v) is 15.5. The van der Waals surface area contributed by atoms with Crippen LogP contribution in [0.3, 0.4) is 0 Å². The van der Waals surface area contributed by atoms with E-state index in [1.54, 1.807) is 24.3 Å². The van der Waals surface area contributed by atoms with Gasteiger partial charge in [0.2, 0.25) is 0 Å². The Balaban J connectivity index is 1.94. The maximum atomic E-state index is 12.9. The second kappa shape index (κ2) is 6.83. The maximum absolute atomic E-state index is 12.9. The topological polar surface area (TPSA) is 114 Å². The fourth-order valence-electron chi connectivity index (χ4n) is 3.42. The van der Waals surface area contributed by atoms with E-state index in [4.69, 9.17) is 9.47 Å². The molecule has 0 bridgehead atoms. The van der Waals surface area contributed by atoms with Gasteiger partial charge in [0, 0.05) is 23.3 Å². The molecule has 0 aromatic heterocycles. The van der Waals surface area contributed by atoms with Crippen LogP contribution in [0.15, 0.2) is 42.5 Å². The SMILES string of the molecule is COc1cc2c(cc1OC)C(=Cc1cc([N+](=O)[O-])c3ccccc3c1[O-])C(=O)N2.